The van der Waals surface area contributed by atoms with Gasteiger partial charge in [-0.05, 0) is 12.1 Å². The van der Waals surface area contributed by atoms with Crippen LogP contribution < -0.4 is 18.9 Å². The second kappa shape index (κ2) is 5.01. The van der Waals surface area contributed by atoms with Gasteiger partial charge < -0.3 is 6.16 Å². The Morgan fingerprint density at radius 3 is 2.36 bits per heavy atom. The average Bonchev–Trinajstić information content (AvgIpc) is 2.05. The van der Waals surface area contributed by atoms with Crippen molar-refractivity contribution >= 4 is 5.97 Å². The number of carbonyl (C=O) groups is 1. The van der Waals surface area contributed by atoms with Crippen molar-refractivity contribution in [3.8, 4) is 0 Å². The van der Waals surface area contributed by atoms with Gasteiger partial charge >= 0.3 is 24.8 Å². The average molecular weight is 144 g/mol. The maximum Gasteiger partial charge on any atom is 1.00 e. The maximum atomic E-state index is 10.8. The molecule has 1 aromatic rings. The number of benzene rings is 1. The molecule has 0 heterocycles. The van der Waals surface area contributed by atoms with Gasteiger partial charge in [0.1, 0.15) is 0 Å². The zero-order valence-corrected chi connectivity index (χ0v) is 6.70. The fourth-order valence-electron chi connectivity index (χ4n) is 0.692. The molecule has 0 radical (unpaired) electrons. The smallest absolute Gasteiger partial charge is 1.00 e. The molecule has 0 unspecified atom stereocenters. The molecule has 0 amide bonds. The first kappa shape index (κ1) is 10.3. The van der Waals surface area contributed by atoms with Gasteiger partial charge in [-0.2, -0.15) is 0 Å². The zero-order chi connectivity index (χ0) is 7.40. The molecule has 0 aromatic heterocycles. The van der Waals surface area contributed by atoms with Crippen molar-refractivity contribution in [2.24, 2.45) is 0 Å². The monoisotopic (exact) mass is 144 g/mol. The summed E-state index contributed by atoms with van der Waals surface area (Å²) >= 11 is 0. The van der Waals surface area contributed by atoms with E-state index in [1.165, 1.54) is 7.11 Å². The van der Waals surface area contributed by atoms with Crippen LogP contribution in [-0.2, 0) is 4.74 Å². The van der Waals surface area contributed by atoms with Gasteiger partial charge in [0.15, 0.2) is 0 Å². The maximum absolute atomic E-state index is 10.8. The van der Waals surface area contributed by atoms with Gasteiger partial charge in [-0.15, -0.1) is 0 Å². The first-order valence-electron chi connectivity index (χ1n) is 2.98. The molecular weight excluding hydrogens is 135 g/mol. The summed E-state index contributed by atoms with van der Waals surface area (Å²) in [5, 5.41) is 0. The SMILES string of the molecule is COC(=O)c1ccccc1.[H-].[Li+]. The number of hydrogen-bond acceptors (Lipinski definition) is 2. The molecule has 0 N–H and O–H groups in total. The van der Waals surface area contributed by atoms with E-state index < -0.39 is 0 Å². The second-order valence-corrected chi connectivity index (χ2v) is 1.86. The number of esters is 1. The predicted molar refractivity (Wildman–Crippen MR) is 38.9 cm³/mol. The predicted octanol–water partition coefficient (Wildman–Crippen LogP) is -1.41. The van der Waals surface area contributed by atoms with Crippen LogP contribution in [0.5, 0.6) is 0 Å². The van der Waals surface area contributed by atoms with Gasteiger partial charge in [0.25, 0.3) is 0 Å². The van der Waals surface area contributed by atoms with Crippen LogP contribution in [0.4, 0.5) is 0 Å². The van der Waals surface area contributed by atoms with Crippen molar-refractivity contribution in [2.75, 3.05) is 7.11 Å². The standard InChI is InChI=1S/C8H8O2.Li.H/c1-10-8(9)7-5-3-2-4-6-7;;/h2-6H,1H3;;/q;+1;-1. The topological polar surface area (TPSA) is 26.3 Å². The van der Waals surface area contributed by atoms with Crippen LogP contribution >= 0.6 is 0 Å². The van der Waals surface area contributed by atoms with E-state index in [4.69, 9.17) is 0 Å². The number of methoxy groups -OCH3 is 1. The van der Waals surface area contributed by atoms with E-state index in [-0.39, 0.29) is 26.3 Å². The van der Waals surface area contributed by atoms with Crippen LogP contribution in [0, 0.1) is 0 Å². The molecule has 0 spiro atoms. The minimum atomic E-state index is -0.291. The fourth-order valence-corrected chi connectivity index (χ4v) is 0.692. The van der Waals surface area contributed by atoms with Crippen molar-refractivity contribution in [2.45, 2.75) is 0 Å². The summed E-state index contributed by atoms with van der Waals surface area (Å²) in [6.45, 7) is 0. The third-order valence-corrected chi connectivity index (χ3v) is 1.19. The summed E-state index contributed by atoms with van der Waals surface area (Å²) < 4.78 is 4.50. The Balaban J connectivity index is 0. The minimum absolute atomic E-state index is 0. The van der Waals surface area contributed by atoms with Gasteiger partial charge in [0, 0.05) is 0 Å². The van der Waals surface area contributed by atoms with E-state index in [1.807, 2.05) is 6.07 Å². The van der Waals surface area contributed by atoms with Crippen molar-refractivity contribution in [1.29, 1.82) is 0 Å². The molecule has 11 heavy (non-hydrogen) atoms. The Hall–Kier alpha value is -0.713. The molecule has 1 aromatic carbocycles. The molecule has 0 aliphatic carbocycles. The second-order valence-electron chi connectivity index (χ2n) is 1.86. The third-order valence-electron chi connectivity index (χ3n) is 1.19. The van der Waals surface area contributed by atoms with E-state index in [0.29, 0.717) is 5.56 Å². The van der Waals surface area contributed by atoms with E-state index in [9.17, 15) is 4.79 Å². The normalized spacial score (nSPS) is 8.09. The summed E-state index contributed by atoms with van der Waals surface area (Å²) in [5.74, 6) is -0.291. The first-order chi connectivity index (χ1) is 4.84. The van der Waals surface area contributed by atoms with Crippen molar-refractivity contribution in [3.05, 3.63) is 35.9 Å². The van der Waals surface area contributed by atoms with Gasteiger partial charge in [-0.25, -0.2) is 4.79 Å². The van der Waals surface area contributed by atoms with Crippen LogP contribution in [0.3, 0.4) is 0 Å². The van der Waals surface area contributed by atoms with Gasteiger partial charge in [-0.3, -0.25) is 0 Å². The Labute approximate surface area is 79.2 Å². The van der Waals surface area contributed by atoms with Gasteiger partial charge in [-0.1, -0.05) is 18.2 Å². The minimum Gasteiger partial charge on any atom is -1.00 e. The van der Waals surface area contributed by atoms with E-state index in [1.54, 1.807) is 24.3 Å². The number of hydrogen-bond donors (Lipinski definition) is 0. The summed E-state index contributed by atoms with van der Waals surface area (Å²) in [4.78, 5) is 10.8. The molecular formula is C8H9LiO2. The van der Waals surface area contributed by atoms with Crippen LogP contribution in [0.2, 0.25) is 0 Å². The molecule has 54 valence electrons. The van der Waals surface area contributed by atoms with Crippen molar-refractivity contribution < 1.29 is 29.8 Å². The molecule has 0 saturated heterocycles. The van der Waals surface area contributed by atoms with Crippen molar-refractivity contribution in [3.63, 3.8) is 0 Å². The van der Waals surface area contributed by atoms with Crippen LogP contribution in [0.1, 0.15) is 11.8 Å². The zero-order valence-electron chi connectivity index (χ0n) is 7.70. The summed E-state index contributed by atoms with van der Waals surface area (Å²) in [7, 11) is 1.37. The largest absolute Gasteiger partial charge is 1.00 e. The van der Waals surface area contributed by atoms with Crippen LogP contribution in [0.15, 0.2) is 30.3 Å². The molecule has 0 saturated carbocycles. The van der Waals surface area contributed by atoms with E-state index >= 15 is 0 Å². The number of carbonyl (C=O) groups excluding carboxylic acids is 1. The Morgan fingerprint density at radius 2 is 1.91 bits per heavy atom. The first-order valence-corrected chi connectivity index (χ1v) is 2.98. The molecule has 0 fully saturated rings. The third kappa shape index (κ3) is 2.79. The van der Waals surface area contributed by atoms with Gasteiger partial charge in [0.05, 0.1) is 12.7 Å². The number of rotatable bonds is 1. The molecule has 3 heteroatoms. The Kier molecular flexibility index (Phi) is 4.68. The summed E-state index contributed by atoms with van der Waals surface area (Å²) in [6.07, 6.45) is 0. The number of ether oxygens (including phenoxy) is 1. The van der Waals surface area contributed by atoms with Crippen LogP contribution in [0.25, 0.3) is 0 Å². The van der Waals surface area contributed by atoms with Crippen LogP contribution in [-0.4, -0.2) is 13.1 Å². The fraction of sp³-hybridized carbons (Fsp3) is 0.125. The van der Waals surface area contributed by atoms with Crippen molar-refractivity contribution in [1.82, 2.24) is 0 Å². The van der Waals surface area contributed by atoms with E-state index in [2.05, 4.69) is 4.74 Å². The summed E-state index contributed by atoms with van der Waals surface area (Å²) in [6, 6.07) is 8.88. The Bertz CT molecular complexity index is 226. The molecule has 0 aliphatic heterocycles. The van der Waals surface area contributed by atoms with E-state index in [0.717, 1.165) is 0 Å². The molecule has 1 rings (SSSR count). The quantitative estimate of drug-likeness (QED) is 0.357. The summed E-state index contributed by atoms with van der Waals surface area (Å²) in [5.41, 5.74) is 0.588. The Morgan fingerprint density at radius 1 is 1.36 bits per heavy atom. The molecule has 2 nitrogen and oxygen atoms in total. The molecule has 0 bridgehead atoms. The molecule has 0 atom stereocenters. The molecule has 0 aliphatic rings. The van der Waals surface area contributed by atoms with Gasteiger partial charge in [0.2, 0.25) is 0 Å².